The number of aliphatic hydroxyl groups excluding tert-OH is 1. The molecule has 0 spiro atoms. The molecule has 0 amide bonds. The van der Waals surface area contributed by atoms with Crippen molar-refractivity contribution in [2.75, 3.05) is 6.54 Å². The van der Waals surface area contributed by atoms with E-state index in [4.69, 9.17) is 0 Å². The summed E-state index contributed by atoms with van der Waals surface area (Å²) in [5, 5.41) is 13.4. The molecule has 0 radical (unpaired) electrons. The first-order chi connectivity index (χ1) is 11.3. The average molecular weight is 303 g/mol. The predicted octanol–water partition coefficient (Wildman–Crippen LogP) is 4.18. The Morgan fingerprint density at radius 3 is 1.91 bits per heavy atom. The van der Waals surface area contributed by atoms with Gasteiger partial charge in [-0.25, -0.2) is 0 Å². The Morgan fingerprint density at radius 1 is 0.696 bits per heavy atom. The van der Waals surface area contributed by atoms with Gasteiger partial charge in [-0.1, -0.05) is 84.9 Å². The number of aliphatic hydroxyl groups is 1. The van der Waals surface area contributed by atoms with E-state index in [9.17, 15) is 5.11 Å². The molecule has 0 unspecified atom stereocenters. The number of hydrogen-bond donors (Lipinski definition) is 2. The molecular weight excluding hydrogens is 282 g/mol. The normalized spacial score (nSPS) is 12.0. The SMILES string of the molecule is O[C@@H](CNCc1ccc(-c2ccccc2)cc1)c1ccccc1. The van der Waals surface area contributed by atoms with Crippen LogP contribution in [0.25, 0.3) is 11.1 Å². The Kier molecular flexibility index (Phi) is 5.20. The molecule has 0 aliphatic rings. The van der Waals surface area contributed by atoms with Gasteiger partial charge in [0, 0.05) is 13.1 Å². The molecule has 2 N–H and O–H groups in total. The van der Waals surface area contributed by atoms with Crippen molar-refractivity contribution < 1.29 is 5.11 Å². The Hall–Kier alpha value is -2.42. The fourth-order valence-electron chi connectivity index (χ4n) is 2.59. The van der Waals surface area contributed by atoms with Crippen molar-refractivity contribution in [2.24, 2.45) is 0 Å². The summed E-state index contributed by atoms with van der Waals surface area (Å²) in [5.74, 6) is 0. The topological polar surface area (TPSA) is 32.3 Å². The van der Waals surface area contributed by atoms with E-state index < -0.39 is 6.10 Å². The molecular formula is C21H21NO. The first kappa shape index (κ1) is 15.5. The zero-order chi connectivity index (χ0) is 15.9. The molecule has 2 heteroatoms. The summed E-state index contributed by atoms with van der Waals surface area (Å²) >= 11 is 0. The van der Waals surface area contributed by atoms with Crippen LogP contribution in [0.4, 0.5) is 0 Å². The largest absolute Gasteiger partial charge is 0.387 e. The van der Waals surface area contributed by atoms with Crippen molar-refractivity contribution >= 4 is 0 Å². The van der Waals surface area contributed by atoms with E-state index in [1.54, 1.807) is 0 Å². The van der Waals surface area contributed by atoms with E-state index >= 15 is 0 Å². The molecule has 0 aliphatic carbocycles. The van der Waals surface area contributed by atoms with Crippen LogP contribution in [-0.2, 0) is 6.54 Å². The second-order valence-corrected chi connectivity index (χ2v) is 5.62. The zero-order valence-electron chi connectivity index (χ0n) is 13.0. The molecule has 2 nitrogen and oxygen atoms in total. The molecule has 0 heterocycles. The average Bonchev–Trinajstić information content (AvgIpc) is 2.64. The van der Waals surface area contributed by atoms with Crippen molar-refractivity contribution in [2.45, 2.75) is 12.6 Å². The van der Waals surface area contributed by atoms with Crippen LogP contribution in [0.15, 0.2) is 84.9 Å². The number of rotatable bonds is 6. The summed E-state index contributed by atoms with van der Waals surface area (Å²) in [4.78, 5) is 0. The molecule has 1 atom stereocenters. The van der Waals surface area contributed by atoms with E-state index in [1.807, 2.05) is 36.4 Å². The van der Waals surface area contributed by atoms with Crippen LogP contribution >= 0.6 is 0 Å². The van der Waals surface area contributed by atoms with E-state index in [1.165, 1.54) is 16.7 Å². The van der Waals surface area contributed by atoms with Crippen LogP contribution in [0.1, 0.15) is 17.2 Å². The maximum atomic E-state index is 10.1. The number of nitrogens with one attached hydrogen (secondary N) is 1. The molecule has 116 valence electrons. The number of hydrogen-bond acceptors (Lipinski definition) is 2. The first-order valence-electron chi connectivity index (χ1n) is 7.91. The van der Waals surface area contributed by atoms with Gasteiger partial charge in [-0.3, -0.25) is 0 Å². The Bertz CT molecular complexity index is 708. The Balaban J connectivity index is 1.53. The van der Waals surface area contributed by atoms with E-state index in [2.05, 4.69) is 53.8 Å². The standard InChI is InChI=1S/C21H21NO/c23-21(20-9-5-2-6-10-20)16-22-15-17-11-13-19(14-12-17)18-7-3-1-4-8-18/h1-14,21-23H,15-16H2/t21-/m0/s1. The molecule has 23 heavy (non-hydrogen) atoms. The lowest BCUT2D eigenvalue weighted by Crippen LogP contribution is -2.20. The summed E-state index contributed by atoms with van der Waals surface area (Å²) in [7, 11) is 0. The first-order valence-corrected chi connectivity index (χ1v) is 7.91. The smallest absolute Gasteiger partial charge is 0.0914 e. The van der Waals surface area contributed by atoms with Gasteiger partial charge in [0.25, 0.3) is 0 Å². The van der Waals surface area contributed by atoms with E-state index in [0.29, 0.717) is 6.54 Å². The second kappa shape index (κ2) is 7.73. The van der Waals surface area contributed by atoms with Gasteiger partial charge in [0.05, 0.1) is 6.10 Å². The highest BCUT2D eigenvalue weighted by molar-refractivity contribution is 5.63. The molecule has 0 fully saturated rings. The monoisotopic (exact) mass is 303 g/mol. The molecule has 0 aromatic heterocycles. The summed E-state index contributed by atoms with van der Waals surface area (Å²) in [6, 6.07) is 28.6. The fraction of sp³-hybridized carbons (Fsp3) is 0.143. The minimum atomic E-state index is -0.472. The van der Waals surface area contributed by atoms with Gasteiger partial charge in [-0.2, -0.15) is 0 Å². The predicted molar refractivity (Wildman–Crippen MR) is 95.0 cm³/mol. The Morgan fingerprint density at radius 2 is 1.26 bits per heavy atom. The molecule has 0 bridgehead atoms. The third-order valence-electron chi connectivity index (χ3n) is 3.91. The fourth-order valence-corrected chi connectivity index (χ4v) is 2.59. The van der Waals surface area contributed by atoms with Crippen LogP contribution in [0, 0.1) is 0 Å². The number of benzene rings is 3. The minimum Gasteiger partial charge on any atom is -0.387 e. The lowest BCUT2D eigenvalue weighted by Gasteiger charge is -2.12. The van der Waals surface area contributed by atoms with Crippen LogP contribution in [0.5, 0.6) is 0 Å². The third-order valence-corrected chi connectivity index (χ3v) is 3.91. The van der Waals surface area contributed by atoms with Gasteiger partial charge < -0.3 is 10.4 Å². The van der Waals surface area contributed by atoms with Crippen LogP contribution in [0.2, 0.25) is 0 Å². The van der Waals surface area contributed by atoms with Gasteiger partial charge in [0.1, 0.15) is 0 Å². The van der Waals surface area contributed by atoms with Gasteiger partial charge in [0.2, 0.25) is 0 Å². The molecule has 0 aliphatic heterocycles. The third kappa shape index (κ3) is 4.28. The van der Waals surface area contributed by atoms with Gasteiger partial charge in [-0.05, 0) is 22.3 Å². The van der Waals surface area contributed by atoms with Crippen molar-refractivity contribution in [3.05, 3.63) is 96.1 Å². The van der Waals surface area contributed by atoms with Crippen LogP contribution < -0.4 is 5.32 Å². The highest BCUT2D eigenvalue weighted by atomic mass is 16.3. The quantitative estimate of drug-likeness (QED) is 0.716. The lowest BCUT2D eigenvalue weighted by atomic mass is 10.0. The molecule has 0 saturated carbocycles. The van der Waals surface area contributed by atoms with Crippen molar-refractivity contribution in [3.8, 4) is 11.1 Å². The van der Waals surface area contributed by atoms with Crippen molar-refractivity contribution in [1.82, 2.24) is 5.32 Å². The van der Waals surface area contributed by atoms with Gasteiger partial charge >= 0.3 is 0 Å². The second-order valence-electron chi connectivity index (χ2n) is 5.62. The van der Waals surface area contributed by atoms with Crippen LogP contribution in [0.3, 0.4) is 0 Å². The maximum absolute atomic E-state index is 10.1. The molecule has 3 aromatic carbocycles. The minimum absolute atomic E-state index is 0.472. The van der Waals surface area contributed by atoms with Gasteiger partial charge in [-0.15, -0.1) is 0 Å². The highest BCUT2D eigenvalue weighted by Crippen LogP contribution is 2.19. The zero-order valence-corrected chi connectivity index (χ0v) is 13.0. The maximum Gasteiger partial charge on any atom is 0.0914 e. The molecule has 3 aromatic rings. The van der Waals surface area contributed by atoms with E-state index in [-0.39, 0.29) is 0 Å². The highest BCUT2D eigenvalue weighted by Gasteiger charge is 2.05. The molecule has 0 saturated heterocycles. The van der Waals surface area contributed by atoms with Crippen LogP contribution in [-0.4, -0.2) is 11.7 Å². The Labute approximate surface area is 137 Å². The van der Waals surface area contributed by atoms with Crippen molar-refractivity contribution in [3.63, 3.8) is 0 Å². The summed E-state index contributed by atoms with van der Waals surface area (Å²) in [6.45, 7) is 1.30. The van der Waals surface area contributed by atoms with Crippen molar-refractivity contribution in [1.29, 1.82) is 0 Å². The summed E-state index contributed by atoms with van der Waals surface area (Å²) in [5.41, 5.74) is 4.61. The summed E-state index contributed by atoms with van der Waals surface area (Å²) in [6.07, 6.45) is -0.472. The van der Waals surface area contributed by atoms with E-state index in [0.717, 1.165) is 12.1 Å². The summed E-state index contributed by atoms with van der Waals surface area (Å²) < 4.78 is 0. The molecule has 3 rings (SSSR count). The van der Waals surface area contributed by atoms with Gasteiger partial charge in [0.15, 0.2) is 0 Å². The lowest BCUT2D eigenvalue weighted by molar-refractivity contribution is 0.174.